The summed E-state index contributed by atoms with van der Waals surface area (Å²) in [7, 11) is 1.58. The maximum absolute atomic E-state index is 13.4. The van der Waals surface area contributed by atoms with Gasteiger partial charge in [0.15, 0.2) is 0 Å². The van der Waals surface area contributed by atoms with E-state index in [1.165, 1.54) is 12.1 Å². The molecule has 0 aliphatic carbocycles. The summed E-state index contributed by atoms with van der Waals surface area (Å²) < 4.78 is 40.3. The topological polar surface area (TPSA) is 88.5 Å². The molecule has 3 amide bonds. The molecule has 0 bridgehead atoms. The minimum Gasteiger partial charge on any atom is -0.370 e. The van der Waals surface area contributed by atoms with Gasteiger partial charge in [0.2, 0.25) is 5.91 Å². The molecule has 2 N–H and O–H groups in total. The number of nitriles is 1. The van der Waals surface area contributed by atoms with Gasteiger partial charge in [0.25, 0.3) is 0 Å². The van der Waals surface area contributed by atoms with E-state index in [2.05, 4.69) is 10.6 Å². The van der Waals surface area contributed by atoms with Gasteiger partial charge in [-0.15, -0.1) is 0 Å². The lowest BCUT2D eigenvalue weighted by Crippen LogP contribution is -2.46. The average molecular weight is 451 g/mol. The SMILES string of the molecule is CCNC(=O)[C@@H]1CN(c2ccc(C#N)c(C(F)(F)F)c2)C[C@H]1C1CCN(C(=O)NC)CC1. The second-order valence-electron chi connectivity index (χ2n) is 8.29. The Bertz CT molecular complexity index is 891. The third kappa shape index (κ3) is 4.92. The van der Waals surface area contributed by atoms with Crippen molar-refractivity contribution in [2.45, 2.75) is 25.9 Å². The van der Waals surface area contributed by atoms with Crippen LogP contribution in [0.2, 0.25) is 0 Å². The number of halogens is 3. The molecule has 2 atom stereocenters. The number of alkyl halides is 3. The summed E-state index contributed by atoms with van der Waals surface area (Å²) in [5.74, 6) is -0.290. The summed E-state index contributed by atoms with van der Waals surface area (Å²) in [6.07, 6.45) is -3.15. The van der Waals surface area contributed by atoms with Crippen molar-refractivity contribution in [1.82, 2.24) is 15.5 Å². The fourth-order valence-corrected chi connectivity index (χ4v) is 4.85. The lowest BCUT2D eigenvalue weighted by Gasteiger charge is -2.36. The molecule has 0 radical (unpaired) electrons. The Morgan fingerprint density at radius 2 is 1.91 bits per heavy atom. The first-order chi connectivity index (χ1) is 15.2. The third-order valence-corrected chi connectivity index (χ3v) is 6.49. The van der Waals surface area contributed by atoms with Crippen LogP contribution in [-0.4, -0.2) is 56.6 Å². The normalized spacial score (nSPS) is 21.9. The number of rotatable bonds is 4. The van der Waals surface area contributed by atoms with Gasteiger partial charge in [0, 0.05) is 45.5 Å². The smallest absolute Gasteiger partial charge is 0.370 e. The maximum atomic E-state index is 13.4. The van der Waals surface area contributed by atoms with E-state index in [1.54, 1.807) is 18.0 Å². The fourth-order valence-electron chi connectivity index (χ4n) is 4.85. The Morgan fingerprint density at radius 3 is 2.47 bits per heavy atom. The molecule has 32 heavy (non-hydrogen) atoms. The van der Waals surface area contributed by atoms with Crippen molar-refractivity contribution >= 4 is 17.6 Å². The molecule has 0 aromatic heterocycles. The summed E-state index contributed by atoms with van der Waals surface area (Å²) in [6.45, 7) is 4.24. The molecule has 2 fully saturated rings. The highest BCUT2D eigenvalue weighted by atomic mass is 19.4. The van der Waals surface area contributed by atoms with Crippen molar-refractivity contribution in [3.05, 3.63) is 29.3 Å². The second kappa shape index (κ2) is 9.67. The van der Waals surface area contributed by atoms with E-state index in [0.717, 1.165) is 18.9 Å². The number of anilines is 1. The van der Waals surface area contributed by atoms with Gasteiger partial charge >= 0.3 is 12.2 Å². The van der Waals surface area contributed by atoms with Gasteiger partial charge in [0.1, 0.15) is 0 Å². The minimum absolute atomic E-state index is 0.0293. The standard InChI is InChI=1S/C22H28F3N5O2/c1-3-28-20(31)18-13-30(16-5-4-15(11-26)19(10-16)22(23,24)25)12-17(18)14-6-8-29(9-7-14)21(32)27-2/h4-5,10,14,17-18H,3,6-9,12-13H2,1-2H3,(H,27,32)(H,28,31)/t17-,18+/m0/s1. The zero-order valence-electron chi connectivity index (χ0n) is 18.2. The zero-order chi connectivity index (χ0) is 23.5. The number of hydrogen-bond donors (Lipinski definition) is 2. The highest BCUT2D eigenvalue weighted by Gasteiger charge is 2.43. The Kier molecular flexibility index (Phi) is 7.16. The van der Waals surface area contributed by atoms with Gasteiger partial charge < -0.3 is 20.4 Å². The van der Waals surface area contributed by atoms with Crippen molar-refractivity contribution in [2.24, 2.45) is 17.8 Å². The Balaban J connectivity index is 1.83. The zero-order valence-corrected chi connectivity index (χ0v) is 18.2. The summed E-state index contributed by atoms with van der Waals surface area (Å²) in [4.78, 5) is 28.2. The highest BCUT2D eigenvalue weighted by Crippen LogP contribution is 2.40. The number of benzene rings is 1. The van der Waals surface area contributed by atoms with Crippen LogP contribution in [0.15, 0.2) is 18.2 Å². The number of hydrogen-bond acceptors (Lipinski definition) is 4. The Labute approximate surface area is 185 Å². The first-order valence-corrected chi connectivity index (χ1v) is 10.8. The molecule has 2 aliphatic heterocycles. The van der Waals surface area contributed by atoms with Crippen LogP contribution < -0.4 is 15.5 Å². The average Bonchev–Trinajstić information content (AvgIpc) is 3.23. The van der Waals surface area contributed by atoms with Gasteiger partial charge in [0.05, 0.1) is 23.1 Å². The lowest BCUT2D eigenvalue weighted by molar-refractivity contribution is -0.137. The van der Waals surface area contributed by atoms with Gasteiger partial charge in [-0.05, 0) is 49.8 Å². The van der Waals surface area contributed by atoms with E-state index in [4.69, 9.17) is 5.26 Å². The maximum Gasteiger partial charge on any atom is 0.417 e. The minimum atomic E-state index is -4.63. The van der Waals surface area contributed by atoms with E-state index >= 15 is 0 Å². The molecule has 10 heteroatoms. The molecule has 174 valence electrons. The van der Waals surface area contributed by atoms with Crippen LogP contribution in [0.5, 0.6) is 0 Å². The molecule has 3 rings (SSSR count). The van der Waals surface area contributed by atoms with E-state index in [0.29, 0.717) is 38.4 Å². The number of nitrogens with zero attached hydrogens (tertiary/aromatic N) is 3. The van der Waals surface area contributed by atoms with Crippen molar-refractivity contribution < 1.29 is 22.8 Å². The van der Waals surface area contributed by atoms with E-state index in [1.807, 2.05) is 11.8 Å². The molecule has 0 spiro atoms. The van der Waals surface area contributed by atoms with Crippen LogP contribution >= 0.6 is 0 Å². The molecule has 7 nitrogen and oxygen atoms in total. The van der Waals surface area contributed by atoms with Crippen molar-refractivity contribution in [2.75, 3.05) is 44.7 Å². The van der Waals surface area contributed by atoms with Crippen molar-refractivity contribution in [1.29, 1.82) is 5.26 Å². The summed E-state index contributed by atoms with van der Waals surface area (Å²) >= 11 is 0. The molecule has 2 aliphatic rings. The largest absolute Gasteiger partial charge is 0.417 e. The highest BCUT2D eigenvalue weighted by molar-refractivity contribution is 5.80. The Morgan fingerprint density at radius 1 is 1.22 bits per heavy atom. The van der Waals surface area contributed by atoms with Gasteiger partial charge in [-0.25, -0.2) is 4.79 Å². The second-order valence-corrected chi connectivity index (χ2v) is 8.29. The summed E-state index contributed by atoms with van der Waals surface area (Å²) in [5.41, 5.74) is -1.02. The predicted octanol–water partition coefficient (Wildman–Crippen LogP) is 2.82. The molecular weight excluding hydrogens is 423 g/mol. The van der Waals surface area contributed by atoms with E-state index in [-0.39, 0.29) is 29.7 Å². The van der Waals surface area contributed by atoms with Crippen molar-refractivity contribution in [3.8, 4) is 6.07 Å². The number of urea groups is 1. The number of piperidine rings is 1. The van der Waals surface area contributed by atoms with Crippen LogP contribution in [0.4, 0.5) is 23.7 Å². The van der Waals surface area contributed by atoms with Crippen LogP contribution in [0.1, 0.15) is 30.9 Å². The van der Waals surface area contributed by atoms with Crippen molar-refractivity contribution in [3.63, 3.8) is 0 Å². The third-order valence-electron chi connectivity index (χ3n) is 6.49. The molecule has 2 heterocycles. The van der Waals surface area contributed by atoms with Gasteiger partial charge in [-0.2, -0.15) is 18.4 Å². The van der Waals surface area contributed by atoms with Crippen LogP contribution in [0.3, 0.4) is 0 Å². The molecule has 1 aromatic carbocycles. The molecular formula is C22H28F3N5O2. The van der Waals surface area contributed by atoms with Gasteiger partial charge in [-0.1, -0.05) is 0 Å². The van der Waals surface area contributed by atoms with Gasteiger partial charge in [-0.3, -0.25) is 4.79 Å². The van der Waals surface area contributed by atoms with Crippen LogP contribution in [0.25, 0.3) is 0 Å². The first-order valence-electron chi connectivity index (χ1n) is 10.8. The number of nitrogens with one attached hydrogen (secondary N) is 2. The van der Waals surface area contributed by atoms with Crippen LogP contribution in [-0.2, 0) is 11.0 Å². The number of likely N-dealkylation sites (tertiary alicyclic amines) is 1. The first kappa shape index (κ1) is 23.7. The summed E-state index contributed by atoms with van der Waals surface area (Å²) in [6, 6.07) is 5.18. The molecule has 1 aromatic rings. The van der Waals surface area contributed by atoms with E-state index in [9.17, 15) is 22.8 Å². The predicted molar refractivity (Wildman–Crippen MR) is 113 cm³/mol. The molecule has 2 saturated heterocycles. The fraction of sp³-hybridized carbons (Fsp3) is 0.591. The number of carbonyl (C=O) groups excluding carboxylic acids is 2. The monoisotopic (exact) mass is 451 g/mol. The Hall–Kier alpha value is -2.96. The lowest BCUT2D eigenvalue weighted by atomic mass is 9.78. The van der Waals surface area contributed by atoms with Crippen LogP contribution in [0, 0.1) is 29.1 Å². The number of carbonyl (C=O) groups is 2. The summed E-state index contributed by atoms with van der Waals surface area (Å²) in [5, 5.41) is 14.5. The van der Waals surface area contributed by atoms with E-state index < -0.39 is 17.3 Å². The molecule has 0 saturated carbocycles. The number of amides is 3. The molecule has 0 unspecified atom stereocenters. The quantitative estimate of drug-likeness (QED) is 0.737.